The predicted molar refractivity (Wildman–Crippen MR) is 59.5 cm³/mol. The van der Waals surface area contributed by atoms with Crippen LogP contribution in [-0.2, 0) is 16.6 Å². The first kappa shape index (κ1) is 12.4. The Kier molecular flexibility index (Phi) is 3.21. The molecule has 9 nitrogen and oxygen atoms in total. The maximum absolute atomic E-state index is 11.8. The van der Waals surface area contributed by atoms with Crippen molar-refractivity contribution in [2.75, 3.05) is 5.73 Å². The van der Waals surface area contributed by atoms with Gasteiger partial charge in [-0.15, -0.1) is 0 Å². The highest BCUT2D eigenvalue weighted by Crippen LogP contribution is 2.06. The summed E-state index contributed by atoms with van der Waals surface area (Å²) in [6.45, 7) is 1.53. The van der Waals surface area contributed by atoms with Crippen LogP contribution in [0.25, 0.3) is 0 Å². The molecule has 0 fully saturated rings. The summed E-state index contributed by atoms with van der Waals surface area (Å²) in [6, 6.07) is 0. The molecule has 0 bridgehead atoms. The summed E-state index contributed by atoms with van der Waals surface area (Å²) in [4.78, 5) is 11.0. The van der Waals surface area contributed by atoms with Crippen LogP contribution in [0.2, 0.25) is 0 Å². The lowest BCUT2D eigenvalue weighted by molar-refractivity contribution is 0.372. The number of aryl methyl sites for hydroxylation is 1. The standard InChI is InChI=1S/C8H10N6O3S/c1-5-13-7(17-14-5)4-12-18(15,16)6-2-10-8(9)11-3-6/h2-3,12H,4H2,1H3,(H2,9,10,11). The molecule has 0 aliphatic rings. The lowest BCUT2D eigenvalue weighted by Crippen LogP contribution is -2.23. The van der Waals surface area contributed by atoms with Crippen LogP contribution in [0.4, 0.5) is 5.95 Å². The fourth-order valence-electron chi connectivity index (χ4n) is 1.12. The van der Waals surface area contributed by atoms with Gasteiger partial charge in [0.15, 0.2) is 5.82 Å². The van der Waals surface area contributed by atoms with Crippen molar-refractivity contribution in [3.8, 4) is 0 Å². The Morgan fingerprint density at radius 2 is 2.06 bits per heavy atom. The van der Waals surface area contributed by atoms with Crippen LogP contribution in [0, 0.1) is 6.92 Å². The maximum Gasteiger partial charge on any atom is 0.244 e. The van der Waals surface area contributed by atoms with Crippen LogP contribution in [0.3, 0.4) is 0 Å². The summed E-state index contributed by atoms with van der Waals surface area (Å²) >= 11 is 0. The molecule has 18 heavy (non-hydrogen) atoms. The lowest BCUT2D eigenvalue weighted by Gasteiger charge is -2.03. The molecule has 10 heteroatoms. The summed E-state index contributed by atoms with van der Waals surface area (Å²) in [7, 11) is -3.72. The van der Waals surface area contributed by atoms with E-state index in [-0.39, 0.29) is 23.3 Å². The van der Waals surface area contributed by atoms with Crippen LogP contribution in [0.1, 0.15) is 11.7 Å². The van der Waals surface area contributed by atoms with E-state index in [0.29, 0.717) is 5.82 Å². The van der Waals surface area contributed by atoms with Gasteiger partial charge in [-0.2, -0.15) is 4.98 Å². The van der Waals surface area contributed by atoms with E-state index in [0.717, 1.165) is 12.4 Å². The molecule has 2 rings (SSSR count). The lowest BCUT2D eigenvalue weighted by atomic mass is 10.6. The molecule has 0 amide bonds. The summed E-state index contributed by atoms with van der Waals surface area (Å²) in [6.07, 6.45) is 2.23. The number of sulfonamides is 1. The van der Waals surface area contributed by atoms with E-state index >= 15 is 0 Å². The van der Waals surface area contributed by atoms with Gasteiger partial charge >= 0.3 is 0 Å². The number of nitrogens with zero attached hydrogens (tertiary/aromatic N) is 4. The molecule has 0 spiro atoms. The minimum atomic E-state index is -3.72. The van der Waals surface area contributed by atoms with Gasteiger partial charge in [-0.3, -0.25) is 0 Å². The summed E-state index contributed by atoms with van der Waals surface area (Å²) in [5.41, 5.74) is 5.27. The highest BCUT2D eigenvalue weighted by Gasteiger charge is 2.16. The Hall–Kier alpha value is -2.07. The number of hydrogen-bond donors (Lipinski definition) is 2. The number of aromatic nitrogens is 4. The smallest absolute Gasteiger partial charge is 0.244 e. The van der Waals surface area contributed by atoms with Crippen molar-refractivity contribution in [1.82, 2.24) is 24.8 Å². The molecular formula is C8H10N6O3S. The summed E-state index contributed by atoms with van der Waals surface area (Å²) < 4.78 is 30.7. The number of hydrogen-bond acceptors (Lipinski definition) is 8. The Labute approximate surface area is 102 Å². The van der Waals surface area contributed by atoms with E-state index in [4.69, 9.17) is 10.3 Å². The van der Waals surface area contributed by atoms with Crippen LogP contribution in [0.15, 0.2) is 21.8 Å². The van der Waals surface area contributed by atoms with Gasteiger partial charge in [0, 0.05) is 0 Å². The predicted octanol–water partition coefficient (Wildman–Crippen LogP) is -0.771. The minimum absolute atomic E-state index is 0.00137. The molecule has 0 unspecified atom stereocenters. The summed E-state index contributed by atoms with van der Waals surface area (Å²) in [5.74, 6) is 0.605. The molecule has 3 N–H and O–H groups in total. The number of nitrogens with two attached hydrogens (primary N) is 1. The minimum Gasteiger partial charge on any atom is -0.368 e. The largest absolute Gasteiger partial charge is 0.368 e. The van der Waals surface area contributed by atoms with Gasteiger partial charge in [-0.25, -0.2) is 23.1 Å². The van der Waals surface area contributed by atoms with E-state index in [1.165, 1.54) is 0 Å². The molecule has 0 saturated heterocycles. The SMILES string of the molecule is Cc1noc(CNS(=O)(=O)c2cnc(N)nc2)n1. The van der Waals surface area contributed by atoms with Crippen molar-refractivity contribution in [2.45, 2.75) is 18.4 Å². The number of rotatable bonds is 4. The Morgan fingerprint density at radius 1 is 1.39 bits per heavy atom. The van der Waals surface area contributed by atoms with Gasteiger partial charge < -0.3 is 10.3 Å². The second-order valence-corrected chi connectivity index (χ2v) is 5.10. The molecule has 2 aromatic heterocycles. The second kappa shape index (κ2) is 4.66. The van der Waals surface area contributed by atoms with Crippen LogP contribution in [0.5, 0.6) is 0 Å². The summed E-state index contributed by atoms with van der Waals surface area (Å²) in [5, 5.41) is 3.54. The highest BCUT2D eigenvalue weighted by atomic mass is 32.2. The van der Waals surface area contributed by atoms with Gasteiger partial charge in [0.25, 0.3) is 0 Å². The normalized spacial score (nSPS) is 11.6. The van der Waals surface area contributed by atoms with Crippen molar-refractivity contribution in [1.29, 1.82) is 0 Å². The number of nitrogen functional groups attached to an aromatic ring is 1. The van der Waals surface area contributed by atoms with Crippen LogP contribution < -0.4 is 10.5 Å². The molecule has 96 valence electrons. The van der Waals surface area contributed by atoms with E-state index in [2.05, 4.69) is 24.8 Å². The van der Waals surface area contributed by atoms with Gasteiger partial charge in [0.2, 0.25) is 21.9 Å². The average Bonchev–Trinajstić information content (AvgIpc) is 2.73. The van der Waals surface area contributed by atoms with Gasteiger partial charge in [-0.05, 0) is 6.92 Å². The first-order valence-electron chi connectivity index (χ1n) is 4.84. The van der Waals surface area contributed by atoms with Gasteiger partial charge in [0.05, 0.1) is 18.9 Å². The molecule has 0 radical (unpaired) electrons. The monoisotopic (exact) mass is 270 g/mol. The molecule has 0 atom stereocenters. The fourth-order valence-corrected chi connectivity index (χ4v) is 1.98. The van der Waals surface area contributed by atoms with Crippen LogP contribution in [-0.4, -0.2) is 28.5 Å². The Balaban J connectivity index is 2.10. The fraction of sp³-hybridized carbons (Fsp3) is 0.250. The van der Waals surface area contributed by atoms with Gasteiger partial charge in [-0.1, -0.05) is 5.16 Å². The van der Waals surface area contributed by atoms with Crippen molar-refractivity contribution < 1.29 is 12.9 Å². The van der Waals surface area contributed by atoms with E-state index in [1.807, 2.05) is 0 Å². The molecule has 0 aliphatic carbocycles. The first-order valence-corrected chi connectivity index (χ1v) is 6.32. The molecule has 0 saturated carbocycles. The average molecular weight is 270 g/mol. The number of nitrogens with one attached hydrogen (secondary N) is 1. The molecule has 0 aliphatic heterocycles. The zero-order valence-electron chi connectivity index (χ0n) is 9.36. The third-order valence-electron chi connectivity index (χ3n) is 1.94. The Bertz CT molecular complexity index is 635. The van der Waals surface area contributed by atoms with E-state index < -0.39 is 10.0 Å². The van der Waals surface area contributed by atoms with Crippen molar-refractivity contribution in [3.63, 3.8) is 0 Å². The quantitative estimate of drug-likeness (QED) is 0.738. The highest BCUT2D eigenvalue weighted by molar-refractivity contribution is 7.89. The second-order valence-electron chi connectivity index (χ2n) is 3.34. The first-order chi connectivity index (χ1) is 8.47. The third-order valence-corrected chi connectivity index (χ3v) is 3.30. The van der Waals surface area contributed by atoms with Crippen molar-refractivity contribution >= 4 is 16.0 Å². The molecule has 2 heterocycles. The van der Waals surface area contributed by atoms with Crippen LogP contribution >= 0.6 is 0 Å². The van der Waals surface area contributed by atoms with E-state index in [9.17, 15) is 8.42 Å². The van der Waals surface area contributed by atoms with Crippen molar-refractivity contribution in [3.05, 3.63) is 24.1 Å². The number of anilines is 1. The Morgan fingerprint density at radius 3 is 2.61 bits per heavy atom. The van der Waals surface area contributed by atoms with Crippen molar-refractivity contribution in [2.24, 2.45) is 0 Å². The van der Waals surface area contributed by atoms with Gasteiger partial charge in [0.1, 0.15) is 4.90 Å². The molecular weight excluding hydrogens is 260 g/mol. The molecule has 2 aromatic rings. The third kappa shape index (κ3) is 2.78. The topological polar surface area (TPSA) is 137 Å². The zero-order chi connectivity index (χ0) is 13.2. The zero-order valence-corrected chi connectivity index (χ0v) is 10.2. The maximum atomic E-state index is 11.8. The molecule has 0 aromatic carbocycles. The van der Waals surface area contributed by atoms with E-state index in [1.54, 1.807) is 6.92 Å².